The summed E-state index contributed by atoms with van der Waals surface area (Å²) in [5, 5.41) is 2.92. The first-order valence-corrected chi connectivity index (χ1v) is 11.3. The van der Waals surface area contributed by atoms with Crippen LogP contribution in [0.25, 0.3) is 0 Å². The van der Waals surface area contributed by atoms with Crippen molar-refractivity contribution in [2.24, 2.45) is 0 Å². The fraction of sp³-hybridized carbons (Fsp3) is 0.417. The van der Waals surface area contributed by atoms with Crippen molar-refractivity contribution in [3.8, 4) is 0 Å². The predicted octanol–water partition coefficient (Wildman–Crippen LogP) is 4.48. The zero-order valence-corrected chi connectivity index (χ0v) is 18.7. The number of amides is 2. The Morgan fingerprint density at radius 3 is 2.41 bits per heavy atom. The molecule has 2 aromatic carbocycles. The molecule has 0 aliphatic heterocycles. The molecule has 0 aliphatic carbocycles. The van der Waals surface area contributed by atoms with Gasteiger partial charge in [-0.1, -0.05) is 61.0 Å². The SMILES string of the molecule is CCCNC(=O)C(C)N(Cc1ccccc1C)C(=O)CSCc1ccc(C)cc1. The van der Waals surface area contributed by atoms with Crippen molar-refractivity contribution in [3.63, 3.8) is 0 Å². The minimum atomic E-state index is -0.506. The minimum absolute atomic E-state index is 0.00971. The van der Waals surface area contributed by atoms with Crippen LogP contribution < -0.4 is 5.32 Å². The zero-order valence-electron chi connectivity index (χ0n) is 17.9. The van der Waals surface area contributed by atoms with Gasteiger partial charge in [0.1, 0.15) is 6.04 Å². The molecule has 29 heavy (non-hydrogen) atoms. The van der Waals surface area contributed by atoms with E-state index in [1.54, 1.807) is 16.7 Å². The van der Waals surface area contributed by atoms with Crippen LogP contribution in [-0.2, 0) is 21.9 Å². The number of thioether (sulfide) groups is 1. The van der Waals surface area contributed by atoms with Gasteiger partial charge in [-0.3, -0.25) is 9.59 Å². The van der Waals surface area contributed by atoms with Gasteiger partial charge in [0, 0.05) is 18.8 Å². The van der Waals surface area contributed by atoms with Crippen molar-refractivity contribution in [2.75, 3.05) is 12.3 Å². The van der Waals surface area contributed by atoms with E-state index in [4.69, 9.17) is 0 Å². The Labute approximate surface area is 179 Å². The lowest BCUT2D eigenvalue weighted by atomic mass is 10.1. The van der Waals surface area contributed by atoms with Crippen LogP contribution in [0.15, 0.2) is 48.5 Å². The summed E-state index contributed by atoms with van der Waals surface area (Å²) in [6.45, 7) is 8.99. The third-order valence-corrected chi connectivity index (χ3v) is 5.92. The molecule has 0 heterocycles. The van der Waals surface area contributed by atoms with Crippen LogP contribution in [0, 0.1) is 13.8 Å². The monoisotopic (exact) mass is 412 g/mol. The van der Waals surface area contributed by atoms with Crippen molar-refractivity contribution < 1.29 is 9.59 Å². The lowest BCUT2D eigenvalue weighted by molar-refractivity contribution is -0.138. The second kappa shape index (κ2) is 11.7. The first-order valence-electron chi connectivity index (χ1n) is 10.2. The van der Waals surface area contributed by atoms with Gasteiger partial charge in [0.2, 0.25) is 11.8 Å². The van der Waals surface area contributed by atoms with Crippen LogP contribution in [0.2, 0.25) is 0 Å². The number of hydrogen-bond donors (Lipinski definition) is 1. The van der Waals surface area contributed by atoms with Gasteiger partial charge in [-0.2, -0.15) is 0 Å². The van der Waals surface area contributed by atoms with Crippen LogP contribution in [0.5, 0.6) is 0 Å². The molecule has 0 bridgehead atoms. The fourth-order valence-electron chi connectivity index (χ4n) is 2.97. The molecule has 156 valence electrons. The summed E-state index contributed by atoms with van der Waals surface area (Å²) in [6.07, 6.45) is 0.872. The summed E-state index contributed by atoms with van der Waals surface area (Å²) in [4.78, 5) is 27.3. The van der Waals surface area contributed by atoms with E-state index in [-0.39, 0.29) is 11.8 Å². The summed E-state index contributed by atoms with van der Waals surface area (Å²) in [5.74, 6) is 1.02. The fourth-order valence-corrected chi connectivity index (χ4v) is 3.84. The largest absolute Gasteiger partial charge is 0.354 e. The van der Waals surface area contributed by atoms with E-state index < -0.39 is 6.04 Å². The molecule has 0 saturated heterocycles. The van der Waals surface area contributed by atoms with E-state index in [0.717, 1.165) is 23.3 Å². The number of carbonyl (C=O) groups excluding carboxylic acids is 2. The predicted molar refractivity (Wildman–Crippen MR) is 122 cm³/mol. The molecule has 1 atom stereocenters. The van der Waals surface area contributed by atoms with Crippen LogP contribution >= 0.6 is 11.8 Å². The summed E-state index contributed by atoms with van der Waals surface area (Å²) >= 11 is 1.59. The minimum Gasteiger partial charge on any atom is -0.354 e. The third-order valence-electron chi connectivity index (χ3n) is 4.93. The molecule has 2 amide bonds. The maximum absolute atomic E-state index is 13.0. The van der Waals surface area contributed by atoms with Crippen LogP contribution in [-0.4, -0.2) is 35.1 Å². The topological polar surface area (TPSA) is 49.4 Å². The summed E-state index contributed by atoms with van der Waals surface area (Å²) in [7, 11) is 0. The Bertz CT molecular complexity index is 805. The highest BCUT2D eigenvalue weighted by molar-refractivity contribution is 7.99. The van der Waals surface area contributed by atoms with E-state index in [2.05, 4.69) is 36.5 Å². The number of benzene rings is 2. The molecule has 0 aromatic heterocycles. The molecule has 0 aliphatic rings. The maximum Gasteiger partial charge on any atom is 0.242 e. The van der Waals surface area contributed by atoms with Crippen molar-refractivity contribution in [1.82, 2.24) is 10.2 Å². The van der Waals surface area contributed by atoms with E-state index in [1.165, 1.54) is 11.1 Å². The number of nitrogens with one attached hydrogen (secondary N) is 1. The molecule has 2 aromatic rings. The van der Waals surface area contributed by atoms with Gasteiger partial charge >= 0.3 is 0 Å². The third kappa shape index (κ3) is 7.24. The smallest absolute Gasteiger partial charge is 0.242 e. The van der Waals surface area contributed by atoms with Gasteiger partial charge in [0.25, 0.3) is 0 Å². The highest BCUT2D eigenvalue weighted by Gasteiger charge is 2.26. The standard InChI is InChI=1S/C24H32N2O2S/c1-5-14-25-24(28)20(4)26(15-22-9-7-6-8-19(22)3)23(27)17-29-16-21-12-10-18(2)11-13-21/h6-13,20H,5,14-17H2,1-4H3,(H,25,28). The summed E-state index contributed by atoms with van der Waals surface area (Å²) < 4.78 is 0. The normalized spacial score (nSPS) is 11.7. The molecular formula is C24H32N2O2S. The average Bonchev–Trinajstić information content (AvgIpc) is 2.72. The Hall–Kier alpha value is -2.27. The van der Waals surface area contributed by atoms with E-state index in [1.807, 2.05) is 45.0 Å². The number of carbonyl (C=O) groups is 2. The molecule has 4 nitrogen and oxygen atoms in total. The molecule has 2 rings (SSSR count). The molecule has 0 fully saturated rings. The molecule has 5 heteroatoms. The van der Waals surface area contributed by atoms with E-state index in [0.29, 0.717) is 18.8 Å². The molecular weight excluding hydrogens is 380 g/mol. The first kappa shape index (κ1) is 23.0. The van der Waals surface area contributed by atoms with Crippen molar-refractivity contribution >= 4 is 23.6 Å². The van der Waals surface area contributed by atoms with Crippen molar-refractivity contribution in [2.45, 2.75) is 52.5 Å². The maximum atomic E-state index is 13.0. The van der Waals surface area contributed by atoms with Gasteiger partial charge < -0.3 is 10.2 Å². The number of rotatable bonds is 10. The second-order valence-corrected chi connectivity index (χ2v) is 8.38. The van der Waals surface area contributed by atoms with Gasteiger partial charge in [-0.25, -0.2) is 0 Å². The Morgan fingerprint density at radius 2 is 1.76 bits per heavy atom. The lowest BCUT2D eigenvalue weighted by Gasteiger charge is -2.29. The molecule has 0 radical (unpaired) electrons. The summed E-state index contributed by atoms with van der Waals surface area (Å²) in [5.41, 5.74) is 4.62. The van der Waals surface area contributed by atoms with Crippen LogP contribution in [0.4, 0.5) is 0 Å². The van der Waals surface area contributed by atoms with Crippen LogP contribution in [0.3, 0.4) is 0 Å². The summed E-state index contributed by atoms with van der Waals surface area (Å²) in [6, 6.07) is 15.9. The molecule has 0 spiro atoms. The van der Waals surface area contributed by atoms with Gasteiger partial charge in [-0.05, 0) is 43.9 Å². The Balaban J connectivity index is 2.05. The highest BCUT2D eigenvalue weighted by atomic mass is 32.2. The van der Waals surface area contributed by atoms with E-state index in [9.17, 15) is 9.59 Å². The van der Waals surface area contributed by atoms with E-state index >= 15 is 0 Å². The first-order chi connectivity index (χ1) is 13.9. The number of hydrogen-bond acceptors (Lipinski definition) is 3. The van der Waals surface area contributed by atoms with Crippen LogP contribution in [0.1, 0.15) is 42.5 Å². The Kier molecular flexibility index (Phi) is 9.26. The van der Waals surface area contributed by atoms with Crippen molar-refractivity contribution in [1.29, 1.82) is 0 Å². The van der Waals surface area contributed by atoms with Gasteiger partial charge in [0.15, 0.2) is 0 Å². The molecule has 1 N–H and O–H groups in total. The van der Waals surface area contributed by atoms with Gasteiger partial charge in [-0.15, -0.1) is 11.8 Å². The van der Waals surface area contributed by atoms with Crippen molar-refractivity contribution in [3.05, 3.63) is 70.8 Å². The second-order valence-electron chi connectivity index (χ2n) is 7.39. The average molecular weight is 413 g/mol. The number of nitrogens with zero attached hydrogens (tertiary/aromatic N) is 1. The Morgan fingerprint density at radius 1 is 1.07 bits per heavy atom. The lowest BCUT2D eigenvalue weighted by Crippen LogP contribution is -2.48. The van der Waals surface area contributed by atoms with Gasteiger partial charge in [0.05, 0.1) is 5.75 Å². The molecule has 0 saturated carbocycles. The highest BCUT2D eigenvalue weighted by Crippen LogP contribution is 2.17. The zero-order chi connectivity index (χ0) is 21.2. The number of aryl methyl sites for hydroxylation is 2. The molecule has 1 unspecified atom stereocenters. The quantitative estimate of drug-likeness (QED) is 0.626.